The van der Waals surface area contributed by atoms with E-state index in [0.717, 1.165) is 6.07 Å². The van der Waals surface area contributed by atoms with Gasteiger partial charge in [-0.3, -0.25) is 0 Å². The zero-order chi connectivity index (χ0) is 12.4. The van der Waals surface area contributed by atoms with Gasteiger partial charge in [0.1, 0.15) is 17.3 Å². The number of ether oxygens (including phenoxy) is 1. The van der Waals surface area contributed by atoms with E-state index in [4.69, 9.17) is 4.42 Å². The second kappa shape index (κ2) is 4.83. The smallest absolute Gasteiger partial charge is 0.387 e. The number of rotatable bonds is 3. The summed E-state index contributed by atoms with van der Waals surface area (Å²) < 4.78 is 47.1. The van der Waals surface area contributed by atoms with Crippen molar-refractivity contribution >= 4 is 15.9 Å². The molecule has 0 aliphatic carbocycles. The zero-order valence-corrected chi connectivity index (χ0v) is 9.88. The highest BCUT2D eigenvalue weighted by Crippen LogP contribution is 2.35. The Balaban J connectivity index is 2.52. The maximum Gasteiger partial charge on any atom is 0.387 e. The minimum atomic E-state index is -3.02. The molecular formula is C11H6BrF3O2. The highest BCUT2D eigenvalue weighted by Gasteiger charge is 2.16. The van der Waals surface area contributed by atoms with Crippen molar-refractivity contribution in [2.75, 3.05) is 0 Å². The van der Waals surface area contributed by atoms with Gasteiger partial charge in [0.25, 0.3) is 0 Å². The Kier molecular flexibility index (Phi) is 3.42. The summed E-state index contributed by atoms with van der Waals surface area (Å²) in [4.78, 5) is 0. The average molecular weight is 307 g/mol. The van der Waals surface area contributed by atoms with Gasteiger partial charge in [-0.25, -0.2) is 4.39 Å². The predicted molar refractivity (Wildman–Crippen MR) is 58.4 cm³/mol. The largest absolute Gasteiger partial charge is 0.464 e. The van der Waals surface area contributed by atoms with Gasteiger partial charge >= 0.3 is 6.61 Å². The predicted octanol–water partition coefficient (Wildman–Crippen LogP) is 4.45. The second-order valence-electron chi connectivity index (χ2n) is 3.12. The summed E-state index contributed by atoms with van der Waals surface area (Å²) in [5.74, 6) is -0.632. The van der Waals surface area contributed by atoms with E-state index in [1.54, 1.807) is 12.1 Å². The van der Waals surface area contributed by atoms with Crippen molar-refractivity contribution in [1.29, 1.82) is 0 Å². The maximum atomic E-state index is 13.2. The molecule has 90 valence electrons. The van der Waals surface area contributed by atoms with E-state index in [-0.39, 0.29) is 15.8 Å². The van der Waals surface area contributed by atoms with E-state index in [2.05, 4.69) is 20.7 Å². The van der Waals surface area contributed by atoms with E-state index < -0.39 is 12.4 Å². The van der Waals surface area contributed by atoms with E-state index >= 15 is 0 Å². The first-order valence-corrected chi connectivity index (χ1v) is 5.35. The third-order valence-corrected chi connectivity index (χ3v) is 2.63. The third-order valence-electron chi connectivity index (χ3n) is 2.03. The molecule has 0 N–H and O–H groups in total. The Morgan fingerprint density at radius 1 is 1.29 bits per heavy atom. The molecule has 0 unspecified atom stereocenters. The molecule has 0 spiro atoms. The van der Waals surface area contributed by atoms with Gasteiger partial charge in [0.15, 0.2) is 0 Å². The molecule has 0 radical (unpaired) electrons. The van der Waals surface area contributed by atoms with Crippen molar-refractivity contribution in [3.8, 4) is 17.1 Å². The van der Waals surface area contributed by atoms with Gasteiger partial charge in [-0.15, -0.1) is 0 Å². The fourth-order valence-corrected chi connectivity index (χ4v) is 1.69. The van der Waals surface area contributed by atoms with Crippen LogP contribution in [0.15, 0.2) is 39.4 Å². The van der Waals surface area contributed by atoms with Crippen molar-refractivity contribution in [2.24, 2.45) is 0 Å². The van der Waals surface area contributed by atoms with E-state index in [1.807, 2.05) is 0 Å². The SMILES string of the molecule is Fc1cc(OC(F)F)c(-c2ccco2)cc1Br. The van der Waals surface area contributed by atoms with Crippen molar-refractivity contribution in [3.05, 3.63) is 40.8 Å². The number of hydrogen-bond donors (Lipinski definition) is 0. The highest BCUT2D eigenvalue weighted by molar-refractivity contribution is 9.10. The van der Waals surface area contributed by atoms with Crippen LogP contribution in [-0.2, 0) is 0 Å². The molecule has 0 aliphatic rings. The van der Waals surface area contributed by atoms with Crippen LogP contribution in [0, 0.1) is 5.82 Å². The van der Waals surface area contributed by atoms with Crippen molar-refractivity contribution in [3.63, 3.8) is 0 Å². The minimum absolute atomic E-state index is 0.144. The maximum absolute atomic E-state index is 13.2. The molecule has 0 saturated carbocycles. The number of benzene rings is 1. The summed E-state index contributed by atoms with van der Waals surface area (Å²) in [7, 11) is 0. The van der Waals surface area contributed by atoms with Crippen LogP contribution in [0.4, 0.5) is 13.2 Å². The molecule has 2 rings (SSSR count). The lowest BCUT2D eigenvalue weighted by Crippen LogP contribution is -2.03. The van der Waals surface area contributed by atoms with Crippen molar-refractivity contribution < 1.29 is 22.3 Å². The highest BCUT2D eigenvalue weighted by atomic mass is 79.9. The summed E-state index contributed by atoms with van der Waals surface area (Å²) in [5, 5.41) is 0. The first kappa shape index (κ1) is 12.0. The van der Waals surface area contributed by atoms with Gasteiger partial charge in [0.2, 0.25) is 0 Å². The fraction of sp³-hybridized carbons (Fsp3) is 0.0909. The van der Waals surface area contributed by atoms with Crippen LogP contribution in [0.1, 0.15) is 0 Å². The monoisotopic (exact) mass is 306 g/mol. The van der Waals surface area contributed by atoms with E-state index in [9.17, 15) is 13.2 Å². The summed E-state index contributed by atoms with van der Waals surface area (Å²) in [6, 6.07) is 5.37. The lowest BCUT2D eigenvalue weighted by Gasteiger charge is -2.10. The molecule has 2 aromatic rings. The normalized spacial score (nSPS) is 10.9. The van der Waals surface area contributed by atoms with Gasteiger partial charge in [-0.2, -0.15) is 8.78 Å². The molecule has 17 heavy (non-hydrogen) atoms. The summed E-state index contributed by atoms with van der Waals surface area (Å²) in [5.41, 5.74) is 0.253. The lowest BCUT2D eigenvalue weighted by molar-refractivity contribution is -0.0496. The number of furan rings is 1. The van der Waals surface area contributed by atoms with Crippen LogP contribution in [0.2, 0.25) is 0 Å². The summed E-state index contributed by atoms with van der Waals surface area (Å²) >= 11 is 2.97. The van der Waals surface area contributed by atoms with Crippen LogP contribution in [0.25, 0.3) is 11.3 Å². The zero-order valence-electron chi connectivity index (χ0n) is 8.29. The van der Waals surface area contributed by atoms with Crippen molar-refractivity contribution in [2.45, 2.75) is 6.61 Å². The summed E-state index contributed by atoms with van der Waals surface area (Å²) in [6.07, 6.45) is 1.39. The van der Waals surface area contributed by atoms with Gasteiger partial charge < -0.3 is 9.15 Å². The molecule has 0 amide bonds. The molecule has 2 nitrogen and oxygen atoms in total. The molecular weight excluding hydrogens is 301 g/mol. The number of halogens is 4. The number of alkyl halides is 2. The van der Waals surface area contributed by atoms with Crippen LogP contribution >= 0.6 is 15.9 Å². The molecule has 0 atom stereocenters. The Morgan fingerprint density at radius 2 is 2.06 bits per heavy atom. The topological polar surface area (TPSA) is 22.4 Å². The standard InChI is InChI=1S/C11H6BrF3O2/c12-7-4-6(9-2-1-3-16-9)10(5-8(7)13)17-11(14)15/h1-5,11H. The average Bonchev–Trinajstić information content (AvgIpc) is 2.75. The Labute approximate surface area is 103 Å². The molecule has 0 fully saturated rings. The molecule has 0 bridgehead atoms. The third kappa shape index (κ3) is 2.63. The molecule has 1 heterocycles. The Bertz CT molecular complexity index is 512. The molecule has 1 aromatic heterocycles. The Hall–Kier alpha value is -1.43. The molecule has 0 aliphatic heterocycles. The fourth-order valence-electron chi connectivity index (χ4n) is 1.35. The summed E-state index contributed by atoms with van der Waals surface area (Å²) in [6.45, 7) is -3.02. The van der Waals surface area contributed by atoms with Crippen LogP contribution < -0.4 is 4.74 Å². The van der Waals surface area contributed by atoms with E-state index in [1.165, 1.54) is 12.3 Å². The lowest BCUT2D eigenvalue weighted by atomic mass is 10.1. The van der Waals surface area contributed by atoms with Gasteiger partial charge in [0.05, 0.1) is 16.3 Å². The quantitative estimate of drug-likeness (QED) is 0.836. The first-order chi connectivity index (χ1) is 8.08. The minimum Gasteiger partial charge on any atom is -0.464 e. The van der Waals surface area contributed by atoms with Gasteiger partial charge in [0, 0.05) is 6.07 Å². The van der Waals surface area contributed by atoms with Gasteiger partial charge in [-0.05, 0) is 34.1 Å². The first-order valence-electron chi connectivity index (χ1n) is 4.55. The number of hydrogen-bond acceptors (Lipinski definition) is 2. The van der Waals surface area contributed by atoms with Crippen LogP contribution in [0.5, 0.6) is 5.75 Å². The molecule has 6 heteroatoms. The molecule has 1 aromatic carbocycles. The Morgan fingerprint density at radius 3 is 2.65 bits per heavy atom. The van der Waals surface area contributed by atoms with Crippen LogP contribution in [0.3, 0.4) is 0 Å². The van der Waals surface area contributed by atoms with E-state index in [0.29, 0.717) is 5.76 Å². The van der Waals surface area contributed by atoms with Crippen molar-refractivity contribution in [1.82, 2.24) is 0 Å². The van der Waals surface area contributed by atoms with Gasteiger partial charge in [-0.1, -0.05) is 0 Å². The van der Waals surface area contributed by atoms with Crippen LogP contribution in [-0.4, -0.2) is 6.61 Å². The molecule has 0 saturated heterocycles. The second-order valence-corrected chi connectivity index (χ2v) is 3.97.